The van der Waals surface area contributed by atoms with Crippen molar-refractivity contribution in [2.75, 3.05) is 33.5 Å². The van der Waals surface area contributed by atoms with Crippen molar-refractivity contribution in [3.8, 4) is 11.5 Å². The van der Waals surface area contributed by atoms with Crippen LogP contribution in [0, 0.1) is 0 Å². The van der Waals surface area contributed by atoms with E-state index in [9.17, 15) is 14.7 Å². The predicted molar refractivity (Wildman–Crippen MR) is 115 cm³/mol. The van der Waals surface area contributed by atoms with Gasteiger partial charge in [-0.15, -0.1) is 6.58 Å². The van der Waals surface area contributed by atoms with Crippen LogP contribution < -0.4 is 10.1 Å². The lowest BCUT2D eigenvalue weighted by atomic mass is 10.1. The average molecular weight is 453 g/mol. The second-order valence-electron chi connectivity index (χ2n) is 7.27. The third-order valence-corrected chi connectivity index (χ3v) is 4.85. The molecule has 0 aliphatic carbocycles. The standard InChI is InChI=1S/C22H32N2O8/c1-5-7-11-30-17-13-29-12-15(22(27)32-14(3)20(17)31-10-6-2)24-21(26)18-19(25)16(28-4)8-9-23-18/h6,8-9,14-15,17,20,25H,2,5,7,10-13H2,1,3-4H3,(H,24,26). The fourth-order valence-corrected chi connectivity index (χ4v) is 3.14. The quantitative estimate of drug-likeness (QED) is 0.309. The number of nitrogens with zero attached hydrogens (tertiary/aromatic N) is 1. The Morgan fingerprint density at radius 2 is 2.19 bits per heavy atom. The number of nitrogens with one attached hydrogen (secondary N) is 1. The summed E-state index contributed by atoms with van der Waals surface area (Å²) >= 11 is 0. The summed E-state index contributed by atoms with van der Waals surface area (Å²) in [6.45, 7) is 8.16. The lowest BCUT2D eigenvalue weighted by Crippen LogP contribution is -2.47. The number of ether oxygens (including phenoxy) is 5. The molecule has 0 bridgehead atoms. The molecule has 0 saturated carbocycles. The van der Waals surface area contributed by atoms with Crippen molar-refractivity contribution < 1.29 is 38.4 Å². The van der Waals surface area contributed by atoms with Gasteiger partial charge in [0, 0.05) is 18.9 Å². The second-order valence-corrected chi connectivity index (χ2v) is 7.27. The van der Waals surface area contributed by atoms with Crippen LogP contribution in [0.5, 0.6) is 11.5 Å². The van der Waals surface area contributed by atoms with Crippen LogP contribution in [-0.4, -0.2) is 79.9 Å². The van der Waals surface area contributed by atoms with Crippen LogP contribution in [-0.2, 0) is 23.7 Å². The zero-order valence-electron chi connectivity index (χ0n) is 18.7. The van der Waals surface area contributed by atoms with Gasteiger partial charge < -0.3 is 34.1 Å². The minimum atomic E-state index is -1.12. The molecule has 1 aromatic heterocycles. The van der Waals surface area contributed by atoms with E-state index in [4.69, 9.17) is 23.7 Å². The molecule has 1 aromatic rings. The Kier molecular flexibility index (Phi) is 10.4. The van der Waals surface area contributed by atoms with Gasteiger partial charge in [-0.25, -0.2) is 9.78 Å². The lowest BCUT2D eigenvalue weighted by Gasteiger charge is -2.30. The van der Waals surface area contributed by atoms with Crippen LogP contribution in [0.3, 0.4) is 0 Å². The number of rotatable bonds is 10. The van der Waals surface area contributed by atoms with Crippen LogP contribution >= 0.6 is 0 Å². The van der Waals surface area contributed by atoms with E-state index < -0.39 is 42.0 Å². The highest BCUT2D eigenvalue weighted by molar-refractivity contribution is 5.98. The van der Waals surface area contributed by atoms with Crippen molar-refractivity contribution in [2.24, 2.45) is 0 Å². The van der Waals surface area contributed by atoms with Gasteiger partial charge in [0.05, 0.1) is 26.9 Å². The molecule has 2 N–H and O–H groups in total. The monoisotopic (exact) mass is 452 g/mol. The predicted octanol–water partition coefficient (Wildman–Crippen LogP) is 1.61. The Balaban J connectivity index is 2.15. The first-order valence-electron chi connectivity index (χ1n) is 10.6. The summed E-state index contributed by atoms with van der Waals surface area (Å²) in [5, 5.41) is 12.7. The largest absolute Gasteiger partial charge is 0.503 e. The van der Waals surface area contributed by atoms with Gasteiger partial charge in [0.1, 0.15) is 18.3 Å². The fraction of sp³-hybridized carbons (Fsp3) is 0.591. The molecular weight excluding hydrogens is 420 g/mol. The Morgan fingerprint density at radius 1 is 1.41 bits per heavy atom. The first-order valence-corrected chi connectivity index (χ1v) is 10.6. The van der Waals surface area contributed by atoms with Gasteiger partial charge in [-0.2, -0.15) is 0 Å². The number of methoxy groups -OCH3 is 1. The van der Waals surface area contributed by atoms with Crippen LogP contribution in [0.15, 0.2) is 24.9 Å². The summed E-state index contributed by atoms with van der Waals surface area (Å²) in [6, 6.07) is 0.291. The number of aromatic hydroxyl groups is 1. The fourth-order valence-electron chi connectivity index (χ4n) is 3.14. The number of aromatic nitrogens is 1. The van der Waals surface area contributed by atoms with E-state index in [1.54, 1.807) is 13.0 Å². The molecule has 1 fully saturated rings. The molecular formula is C22H32N2O8. The maximum Gasteiger partial charge on any atom is 0.331 e. The van der Waals surface area contributed by atoms with Crippen LogP contribution in [0.1, 0.15) is 37.2 Å². The summed E-state index contributed by atoms with van der Waals surface area (Å²) in [7, 11) is 1.35. The van der Waals surface area contributed by atoms with Gasteiger partial charge in [0.2, 0.25) is 0 Å². The molecule has 0 radical (unpaired) electrons. The molecule has 0 aromatic carbocycles. The molecule has 2 heterocycles. The van der Waals surface area contributed by atoms with Crippen molar-refractivity contribution in [1.82, 2.24) is 10.3 Å². The Labute approximate surface area is 187 Å². The molecule has 10 heteroatoms. The topological polar surface area (TPSA) is 125 Å². The van der Waals surface area contributed by atoms with Gasteiger partial charge in [0.15, 0.2) is 23.2 Å². The zero-order chi connectivity index (χ0) is 23.5. The molecule has 178 valence electrons. The first-order chi connectivity index (χ1) is 15.4. The highest BCUT2D eigenvalue weighted by Crippen LogP contribution is 2.27. The molecule has 4 atom stereocenters. The minimum Gasteiger partial charge on any atom is -0.503 e. The summed E-state index contributed by atoms with van der Waals surface area (Å²) in [5.41, 5.74) is -0.280. The Hall–Kier alpha value is -2.69. The summed E-state index contributed by atoms with van der Waals surface area (Å²) < 4.78 is 28.0. The summed E-state index contributed by atoms with van der Waals surface area (Å²) in [6.07, 6.45) is 3.04. The van der Waals surface area contributed by atoms with Gasteiger partial charge in [-0.3, -0.25) is 4.79 Å². The molecule has 1 aliphatic heterocycles. The van der Waals surface area contributed by atoms with E-state index >= 15 is 0 Å². The first kappa shape index (κ1) is 25.6. The number of carbonyl (C=O) groups excluding carboxylic acids is 2. The van der Waals surface area contributed by atoms with Crippen LogP contribution in [0.25, 0.3) is 0 Å². The van der Waals surface area contributed by atoms with E-state index in [1.165, 1.54) is 19.4 Å². The number of hydrogen-bond donors (Lipinski definition) is 2. The van der Waals surface area contributed by atoms with Gasteiger partial charge in [-0.05, 0) is 13.3 Å². The molecule has 1 aliphatic rings. The number of cyclic esters (lactones) is 1. The zero-order valence-corrected chi connectivity index (χ0v) is 18.7. The molecule has 4 unspecified atom stereocenters. The minimum absolute atomic E-state index is 0.0846. The highest BCUT2D eigenvalue weighted by atomic mass is 16.6. The molecule has 0 spiro atoms. The molecule has 32 heavy (non-hydrogen) atoms. The van der Waals surface area contributed by atoms with Crippen molar-refractivity contribution in [2.45, 2.75) is 51.0 Å². The molecule has 2 rings (SSSR count). The third-order valence-electron chi connectivity index (χ3n) is 4.85. The number of pyridine rings is 1. The van der Waals surface area contributed by atoms with E-state index in [0.29, 0.717) is 6.61 Å². The molecule has 10 nitrogen and oxygen atoms in total. The van der Waals surface area contributed by atoms with Crippen molar-refractivity contribution in [3.05, 3.63) is 30.6 Å². The van der Waals surface area contributed by atoms with Crippen LogP contribution in [0.4, 0.5) is 0 Å². The van der Waals surface area contributed by atoms with Gasteiger partial charge in [0.25, 0.3) is 5.91 Å². The normalized spacial score (nSPS) is 23.9. The van der Waals surface area contributed by atoms with Crippen molar-refractivity contribution >= 4 is 11.9 Å². The second kappa shape index (κ2) is 13.0. The highest BCUT2D eigenvalue weighted by Gasteiger charge is 2.36. The number of unbranched alkanes of at least 4 members (excludes halogenated alkanes) is 1. The summed E-state index contributed by atoms with van der Waals surface area (Å²) in [5.74, 6) is -1.81. The number of amides is 1. The number of esters is 1. The van der Waals surface area contributed by atoms with Gasteiger partial charge in [-0.1, -0.05) is 19.4 Å². The van der Waals surface area contributed by atoms with Crippen LogP contribution in [0.2, 0.25) is 0 Å². The Bertz CT molecular complexity index is 772. The van der Waals surface area contributed by atoms with E-state index in [1.807, 2.05) is 0 Å². The van der Waals surface area contributed by atoms with E-state index in [2.05, 4.69) is 23.8 Å². The smallest absolute Gasteiger partial charge is 0.331 e. The maximum absolute atomic E-state index is 12.8. The third kappa shape index (κ3) is 6.91. The number of hydrogen-bond acceptors (Lipinski definition) is 9. The average Bonchev–Trinajstić information content (AvgIpc) is 2.82. The SMILES string of the molecule is C=CCOC1C(C)OC(=O)C(NC(=O)c2nccc(OC)c2O)COCC1OCCCC. The molecule has 1 amide bonds. The Morgan fingerprint density at radius 3 is 2.88 bits per heavy atom. The molecule has 1 saturated heterocycles. The van der Waals surface area contributed by atoms with E-state index in [0.717, 1.165) is 12.8 Å². The van der Waals surface area contributed by atoms with Crippen molar-refractivity contribution in [3.63, 3.8) is 0 Å². The van der Waals surface area contributed by atoms with E-state index in [-0.39, 0.29) is 31.3 Å². The lowest BCUT2D eigenvalue weighted by molar-refractivity contribution is -0.166. The number of carbonyl (C=O) groups is 2. The maximum atomic E-state index is 12.8. The summed E-state index contributed by atoms with van der Waals surface area (Å²) in [4.78, 5) is 29.3. The van der Waals surface area contributed by atoms with Gasteiger partial charge >= 0.3 is 5.97 Å². The van der Waals surface area contributed by atoms with Crippen molar-refractivity contribution in [1.29, 1.82) is 0 Å².